The summed E-state index contributed by atoms with van der Waals surface area (Å²) in [6.45, 7) is -0.414. The van der Waals surface area contributed by atoms with E-state index >= 15 is 0 Å². The highest BCUT2D eigenvalue weighted by molar-refractivity contribution is 5.30. The quantitative estimate of drug-likeness (QED) is 0.787. The SMILES string of the molecule is OCCN(CCO)c1nccc(C(F)(F)F)n1. The van der Waals surface area contributed by atoms with Crippen molar-refractivity contribution in [3.63, 3.8) is 0 Å². The van der Waals surface area contributed by atoms with Crippen molar-refractivity contribution in [1.29, 1.82) is 0 Å². The first-order valence-electron chi connectivity index (χ1n) is 4.86. The van der Waals surface area contributed by atoms with Crippen LogP contribution in [0, 0.1) is 0 Å². The van der Waals surface area contributed by atoms with Gasteiger partial charge in [0.15, 0.2) is 0 Å². The molecule has 0 radical (unpaired) electrons. The lowest BCUT2D eigenvalue weighted by molar-refractivity contribution is -0.141. The highest BCUT2D eigenvalue weighted by Crippen LogP contribution is 2.27. The monoisotopic (exact) mass is 251 g/mol. The maximum Gasteiger partial charge on any atom is 0.433 e. The molecule has 1 aromatic heterocycles. The van der Waals surface area contributed by atoms with Crippen LogP contribution >= 0.6 is 0 Å². The molecule has 0 saturated carbocycles. The predicted octanol–water partition coefficient (Wildman–Crippen LogP) is 0.286. The van der Waals surface area contributed by atoms with Gasteiger partial charge >= 0.3 is 6.18 Å². The summed E-state index contributed by atoms with van der Waals surface area (Å²) >= 11 is 0. The normalized spacial score (nSPS) is 11.6. The average Bonchev–Trinajstić information content (AvgIpc) is 2.28. The summed E-state index contributed by atoms with van der Waals surface area (Å²) in [5.74, 6) is -0.164. The average molecular weight is 251 g/mol. The lowest BCUT2D eigenvalue weighted by Gasteiger charge is -2.20. The molecule has 17 heavy (non-hydrogen) atoms. The van der Waals surface area contributed by atoms with Crippen LogP contribution in [0.15, 0.2) is 12.3 Å². The lowest BCUT2D eigenvalue weighted by atomic mass is 10.4. The second kappa shape index (κ2) is 5.78. The van der Waals surface area contributed by atoms with Crippen LogP contribution in [0.2, 0.25) is 0 Å². The summed E-state index contributed by atoms with van der Waals surface area (Å²) in [6.07, 6.45) is -3.55. The minimum Gasteiger partial charge on any atom is -0.395 e. The van der Waals surface area contributed by atoms with E-state index in [9.17, 15) is 13.2 Å². The number of hydrogen-bond donors (Lipinski definition) is 2. The molecule has 0 aliphatic carbocycles. The van der Waals surface area contributed by atoms with E-state index in [1.54, 1.807) is 0 Å². The number of rotatable bonds is 5. The van der Waals surface area contributed by atoms with E-state index in [-0.39, 0.29) is 32.3 Å². The number of aliphatic hydroxyl groups is 2. The Morgan fingerprint density at radius 1 is 1.18 bits per heavy atom. The number of hydrogen-bond acceptors (Lipinski definition) is 5. The van der Waals surface area contributed by atoms with Crippen LogP contribution in [-0.2, 0) is 6.18 Å². The zero-order valence-electron chi connectivity index (χ0n) is 8.85. The van der Waals surface area contributed by atoms with Gasteiger partial charge in [-0.05, 0) is 6.07 Å². The molecule has 0 spiro atoms. The van der Waals surface area contributed by atoms with Gasteiger partial charge in [-0.3, -0.25) is 0 Å². The van der Waals surface area contributed by atoms with Crippen molar-refractivity contribution >= 4 is 5.95 Å². The van der Waals surface area contributed by atoms with Crippen LogP contribution in [0.25, 0.3) is 0 Å². The first-order valence-corrected chi connectivity index (χ1v) is 4.86. The fourth-order valence-electron chi connectivity index (χ4n) is 1.21. The van der Waals surface area contributed by atoms with Gasteiger partial charge in [-0.15, -0.1) is 0 Å². The van der Waals surface area contributed by atoms with Crippen molar-refractivity contribution in [2.24, 2.45) is 0 Å². The van der Waals surface area contributed by atoms with Gasteiger partial charge < -0.3 is 15.1 Å². The van der Waals surface area contributed by atoms with Gasteiger partial charge in [0.1, 0.15) is 5.69 Å². The van der Waals surface area contributed by atoms with Crippen LogP contribution in [0.5, 0.6) is 0 Å². The van der Waals surface area contributed by atoms with Crippen molar-refractivity contribution in [2.45, 2.75) is 6.18 Å². The Labute approximate surface area is 95.5 Å². The number of anilines is 1. The maximum absolute atomic E-state index is 12.4. The van der Waals surface area contributed by atoms with E-state index in [1.165, 1.54) is 4.90 Å². The second-order valence-electron chi connectivity index (χ2n) is 3.17. The topological polar surface area (TPSA) is 69.5 Å². The summed E-state index contributed by atoms with van der Waals surface area (Å²) in [5.41, 5.74) is -1.05. The molecule has 0 amide bonds. The Hall–Kier alpha value is -1.41. The fourth-order valence-corrected chi connectivity index (χ4v) is 1.21. The molecule has 5 nitrogen and oxygen atoms in total. The first kappa shape index (κ1) is 13.7. The Bertz CT molecular complexity index is 354. The van der Waals surface area contributed by atoms with Gasteiger partial charge in [-0.25, -0.2) is 9.97 Å². The molecule has 0 aliphatic heterocycles. The van der Waals surface area contributed by atoms with E-state index in [2.05, 4.69) is 9.97 Å². The molecular formula is C9H12F3N3O2. The summed E-state index contributed by atoms with van der Waals surface area (Å²) < 4.78 is 37.2. The fraction of sp³-hybridized carbons (Fsp3) is 0.556. The van der Waals surface area contributed by atoms with Crippen LogP contribution in [-0.4, -0.2) is 46.5 Å². The van der Waals surface area contributed by atoms with Gasteiger partial charge in [0.25, 0.3) is 0 Å². The zero-order valence-corrected chi connectivity index (χ0v) is 8.85. The summed E-state index contributed by atoms with van der Waals surface area (Å²) in [5, 5.41) is 17.5. The predicted molar refractivity (Wildman–Crippen MR) is 53.4 cm³/mol. The van der Waals surface area contributed by atoms with Gasteiger partial charge in [0.05, 0.1) is 13.2 Å². The molecule has 1 heterocycles. The minimum absolute atomic E-state index is 0.0574. The summed E-state index contributed by atoms with van der Waals surface area (Å²) in [4.78, 5) is 8.31. The lowest BCUT2D eigenvalue weighted by Crippen LogP contribution is -2.31. The van der Waals surface area contributed by atoms with Crippen LogP contribution in [0.3, 0.4) is 0 Å². The Morgan fingerprint density at radius 2 is 1.76 bits per heavy atom. The molecule has 0 bridgehead atoms. The van der Waals surface area contributed by atoms with E-state index in [4.69, 9.17) is 10.2 Å². The largest absolute Gasteiger partial charge is 0.433 e. The highest BCUT2D eigenvalue weighted by atomic mass is 19.4. The Balaban J connectivity index is 2.95. The standard InChI is InChI=1S/C9H12F3N3O2/c10-9(11,12)7-1-2-13-8(14-7)15(3-5-16)4-6-17/h1-2,16-17H,3-6H2. The zero-order chi connectivity index (χ0) is 12.9. The third-order valence-electron chi connectivity index (χ3n) is 1.96. The number of alkyl halides is 3. The van der Waals surface area contributed by atoms with Crippen LogP contribution in [0.4, 0.5) is 19.1 Å². The molecule has 0 fully saturated rings. The smallest absolute Gasteiger partial charge is 0.395 e. The molecular weight excluding hydrogens is 239 g/mol. The molecule has 8 heteroatoms. The molecule has 0 atom stereocenters. The van der Waals surface area contributed by atoms with Gasteiger partial charge in [-0.2, -0.15) is 13.2 Å². The molecule has 0 aliphatic rings. The molecule has 1 aromatic rings. The van der Waals surface area contributed by atoms with Gasteiger partial charge in [0.2, 0.25) is 5.95 Å². The van der Waals surface area contributed by atoms with Crippen molar-refractivity contribution in [3.05, 3.63) is 18.0 Å². The maximum atomic E-state index is 12.4. The molecule has 0 aromatic carbocycles. The van der Waals surface area contributed by atoms with E-state index in [0.717, 1.165) is 12.3 Å². The number of aliphatic hydroxyl groups excluding tert-OH is 2. The van der Waals surface area contributed by atoms with Crippen molar-refractivity contribution < 1.29 is 23.4 Å². The molecule has 96 valence electrons. The van der Waals surface area contributed by atoms with Gasteiger partial charge in [0, 0.05) is 19.3 Å². The first-order chi connectivity index (χ1) is 7.99. The highest BCUT2D eigenvalue weighted by Gasteiger charge is 2.33. The summed E-state index contributed by atoms with van der Waals surface area (Å²) in [6, 6.07) is 0.763. The third kappa shape index (κ3) is 3.82. The minimum atomic E-state index is -4.54. The molecule has 0 saturated heterocycles. The molecule has 0 unspecified atom stereocenters. The number of halogens is 3. The van der Waals surface area contributed by atoms with Crippen molar-refractivity contribution in [2.75, 3.05) is 31.2 Å². The van der Waals surface area contributed by atoms with E-state index < -0.39 is 11.9 Å². The summed E-state index contributed by atoms with van der Waals surface area (Å²) in [7, 11) is 0. The third-order valence-corrected chi connectivity index (χ3v) is 1.96. The van der Waals surface area contributed by atoms with Crippen molar-refractivity contribution in [3.8, 4) is 0 Å². The Kier molecular flexibility index (Phi) is 4.64. The number of aromatic nitrogens is 2. The second-order valence-corrected chi connectivity index (χ2v) is 3.17. The number of nitrogens with zero attached hydrogens (tertiary/aromatic N) is 3. The van der Waals surface area contributed by atoms with E-state index in [0.29, 0.717) is 0 Å². The van der Waals surface area contributed by atoms with Gasteiger partial charge in [-0.1, -0.05) is 0 Å². The molecule has 1 rings (SSSR count). The Morgan fingerprint density at radius 3 is 2.24 bits per heavy atom. The van der Waals surface area contributed by atoms with Crippen molar-refractivity contribution in [1.82, 2.24) is 9.97 Å². The van der Waals surface area contributed by atoms with E-state index in [1.807, 2.05) is 0 Å². The molecule has 2 N–H and O–H groups in total. The van der Waals surface area contributed by atoms with Crippen LogP contribution < -0.4 is 4.90 Å². The van der Waals surface area contributed by atoms with Crippen LogP contribution in [0.1, 0.15) is 5.69 Å².